The molecule has 0 aromatic heterocycles. The molecule has 0 saturated carbocycles. The van der Waals surface area contributed by atoms with Crippen LogP contribution in [0.5, 0.6) is 5.75 Å². The lowest BCUT2D eigenvalue weighted by atomic mass is 9.83. The second kappa shape index (κ2) is 11.8. The predicted molar refractivity (Wildman–Crippen MR) is 123 cm³/mol. The maximum atomic E-state index is 14.4. The van der Waals surface area contributed by atoms with Crippen LogP contribution in [0.25, 0.3) is 0 Å². The number of hydrogen-bond acceptors (Lipinski definition) is 7. The Balaban J connectivity index is 2.04. The molecule has 8 nitrogen and oxygen atoms in total. The van der Waals surface area contributed by atoms with Crippen LogP contribution in [-0.2, 0) is 30.0 Å². The van der Waals surface area contributed by atoms with Crippen molar-refractivity contribution in [2.45, 2.75) is 55.8 Å². The molecule has 1 amide bonds. The number of halogens is 5. The summed E-state index contributed by atoms with van der Waals surface area (Å²) < 4.78 is 96.2. The highest BCUT2D eigenvalue weighted by Crippen LogP contribution is 2.30. The first kappa shape index (κ1) is 30.6. The molecular weight excluding hydrogens is 527 g/mol. The van der Waals surface area contributed by atoms with Crippen LogP contribution in [0.4, 0.5) is 22.0 Å². The van der Waals surface area contributed by atoms with Gasteiger partial charge in [0.05, 0.1) is 24.2 Å². The highest BCUT2D eigenvalue weighted by molar-refractivity contribution is 7.91. The van der Waals surface area contributed by atoms with E-state index >= 15 is 0 Å². The Morgan fingerprint density at radius 1 is 1.11 bits per heavy atom. The molecule has 1 heterocycles. The van der Waals surface area contributed by atoms with Gasteiger partial charge < -0.3 is 15.4 Å². The van der Waals surface area contributed by atoms with Crippen LogP contribution in [-0.4, -0.2) is 69.5 Å². The van der Waals surface area contributed by atoms with E-state index in [9.17, 15) is 44.8 Å². The number of carbonyl (C=O) groups is 3. The smallest absolute Gasteiger partial charge is 0.405 e. The van der Waals surface area contributed by atoms with Gasteiger partial charge in [-0.2, -0.15) is 22.0 Å². The van der Waals surface area contributed by atoms with Gasteiger partial charge in [-0.25, -0.2) is 8.42 Å². The summed E-state index contributed by atoms with van der Waals surface area (Å²) in [6, 6.07) is 5.35. The van der Waals surface area contributed by atoms with Gasteiger partial charge in [0.15, 0.2) is 15.6 Å². The molecule has 0 bridgehead atoms. The van der Waals surface area contributed by atoms with E-state index in [0.29, 0.717) is 11.3 Å². The van der Waals surface area contributed by atoms with Gasteiger partial charge in [-0.1, -0.05) is 26.0 Å². The molecule has 14 heteroatoms. The molecular formula is C23H29F5N2O6S. The number of benzene rings is 1. The SMILES string of the molecule is COc1ccc(CS(=O)(=O)[C@H]2CN[C@H](C(=O)C[C@H](C(=O)C(F)(F)C(=O)NCC(F)(F)F)C(C)C)C2)cc1. The van der Waals surface area contributed by atoms with E-state index in [1.54, 1.807) is 24.3 Å². The zero-order chi connectivity index (χ0) is 28.2. The molecule has 0 aliphatic carbocycles. The highest BCUT2D eigenvalue weighted by atomic mass is 32.2. The van der Waals surface area contributed by atoms with Crippen molar-refractivity contribution in [2.75, 3.05) is 20.2 Å². The normalized spacial score (nSPS) is 19.5. The van der Waals surface area contributed by atoms with Gasteiger partial charge >= 0.3 is 12.1 Å². The Kier molecular flexibility index (Phi) is 9.80. The number of hydrogen-bond donors (Lipinski definition) is 2. The largest absolute Gasteiger partial charge is 0.497 e. The number of ether oxygens (including phenoxy) is 1. The Bertz CT molecular complexity index is 1090. The molecule has 2 N–H and O–H groups in total. The van der Waals surface area contributed by atoms with Crippen LogP contribution in [0.3, 0.4) is 0 Å². The quantitative estimate of drug-likeness (QED) is 0.300. The van der Waals surface area contributed by atoms with Crippen molar-refractivity contribution < 1.29 is 49.5 Å². The third-order valence-electron chi connectivity index (χ3n) is 6.12. The molecule has 208 valence electrons. The van der Waals surface area contributed by atoms with Gasteiger partial charge in [0, 0.05) is 18.9 Å². The molecule has 3 atom stereocenters. The fourth-order valence-electron chi connectivity index (χ4n) is 3.92. The van der Waals surface area contributed by atoms with Gasteiger partial charge in [-0.3, -0.25) is 14.4 Å². The summed E-state index contributed by atoms with van der Waals surface area (Å²) in [5.41, 5.74) is 0.507. The number of amides is 1. The Hall–Kier alpha value is -2.61. The van der Waals surface area contributed by atoms with Crippen molar-refractivity contribution in [3.8, 4) is 5.75 Å². The topological polar surface area (TPSA) is 119 Å². The predicted octanol–water partition coefficient (Wildman–Crippen LogP) is 2.45. The van der Waals surface area contributed by atoms with Crippen molar-refractivity contribution >= 4 is 27.3 Å². The van der Waals surface area contributed by atoms with Crippen molar-refractivity contribution in [1.82, 2.24) is 10.6 Å². The van der Waals surface area contributed by atoms with E-state index in [4.69, 9.17) is 4.74 Å². The van der Waals surface area contributed by atoms with E-state index < -0.39 is 75.5 Å². The number of Topliss-reactive ketones (excluding diaryl/α,β-unsaturated/α-hetero) is 2. The molecule has 2 rings (SSSR count). The number of rotatable bonds is 12. The van der Waals surface area contributed by atoms with Crippen LogP contribution in [0, 0.1) is 11.8 Å². The van der Waals surface area contributed by atoms with Crippen LogP contribution >= 0.6 is 0 Å². The molecule has 0 unspecified atom stereocenters. The molecule has 1 saturated heterocycles. The highest BCUT2D eigenvalue weighted by Gasteiger charge is 2.52. The number of carbonyl (C=O) groups excluding carboxylic acids is 3. The third-order valence-corrected chi connectivity index (χ3v) is 8.23. The average molecular weight is 557 g/mol. The number of sulfone groups is 1. The third kappa shape index (κ3) is 8.19. The Morgan fingerprint density at radius 2 is 1.70 bits per heavy atom. The summed E-state index contributed by atoms with van der Waals surface area (Å²) in [5.74, 6) is -12.1. The summed E-state index contributed by atoms with van der Waals surface area (Å²) in [7, 11) is -2.23. The van der Waals surface area contributed by atoms with Crippen LogP contribution in [0.1, 0.15) is 32.3 Å². The maximum absolute atomic E-state index is 14.4. The minimum Gasteiger partial charge on any atom is -0.497 e. The first-order valence-corrected chi connectivity index (χ1v) is 13.1. The molecule has 1 aromatic rings. The second-order valence-electron chi connectivity index (χ2n) is 9.23. The van der Waals surface area contributed by atoms with E-state index in [2.05, 4.69) is 5.32 Å². The Morgan fingerprint density at radius 3 is 2.22 bits per heavy atom. The maximum Gasteiger partial charge on any atom is 0.405 e. The fraction of sp³-hybridized carbons (Fsp3) is 0.609. The van der Waals surface area contributed by atoms with Crippen LogP contribution < -0.4 is 15.4 Å². The van der Waals surface area contributed by atoms with Gasteiger partial charge in [0.2, 0.25) is 5.78 Å². The van der Waals surface area contributed by atoms with Crippen molar-refractivity contribution in [2.24, 2.45) is 11.8 Å². The van der Waals surface area contributed by atoms with Gasteiger partial charge in [-0.05, 0) is 30.0 Å². The number of alkyl halides is 5. The first-order valence-electron chi connectivity index (χ1n) is 11.4. The molecule has 1 fully saturated rings. The summed E-state index contributed by atoms with van der Waals surface area (Å²) >= 11 is 0. The van der Waals surface area contributed by atoms with E-state index in [1.165, 1.54) is 21.0 Å². The number of ketones is 2. The lowest BCUT2D eigenvalue weighted by Gasteiger charge is -2.25. The van der Waals surface area contributed by atoms with Gasteiger partial charge in [0.1, 0.15) is 12.3 Å². The summed E-state index contributed by atoms with van der Waals surface area (Å²) in [6.07, 6.45) is -5.83. The van der Waals surface area contributed by atoms with Gasteiger partial charge in [0.25, 0.3) is 5.91 Å². The second-order valence-corrected chi connectivity index (χ2v) is 11.5. The van der Waals surface area contributed by atoms with Crippen LogP contribution in [0.2, 0.25) is 0 Å². The number of methoxy groups -OCH3 is 1. The minimum absolute atomic E-state index is 0.0643. The van der Waals surface area contributed by atoms with E-state index in [-0.39, 0.29) is 18.7 Å². The fourth-order valence-corrected chi connectivity index (χ4v) is 5.65. The lowest BCUT2D eigenvalue weighted by Crippen LogP contribution is -2.51. The van der Waals surface area contributed by atoms with Crippen LogP contribution in [0.15, 0.2) is 24.3 Å². The van der Waals surface area contributed by atoms with Crippen molar-refractivity contribution in [3.05, 3.63) is 29.8 Å². The monoisotopic (exact) mass is 556 g/mol. The zero-order valence-electron chi connectivity index (χ0n) is 20.4. The van der Waals surface area contributed by atoms with E-state index in [0.717, 1.165) is 5.32 Å². The minimum atomic E-state index is -4.96. The van der Waals surface area contributed by atoms with Crippen molar-refractivity contribution in [3.63, 3.8) is 0 Å². The summed E-state index contributed by atoms with van der Waals surface area (Å²) in [6.45, 7) is 0.594. The molecule has 0 spiro atoms. The molecule has 0 radical (unpaired) electrons. The molecule has 1 aromatic carbocycles. The standard InChI is InChI=1S/C23H29F5N2O6S/c1-13(2)17(20(32)23(27,28)21(33)30-12-22(24,25)26)9-19(31)18-8-16(10-29-18)37(34,35)11-14-4-6-15(36-3)7-5-14/h4-7,13,16-18,29H,8-12H2,1-3H3,(H,30,33)/t16-,17+,18+/m1/s1. The zero-order valence-corrected chi connectivity index (χ0v) is 21.2. The van der Waals surface area contributed by atoms with Crippen molar-refractivity contribution in [1.29, 1.82) is 0 Å². The number of nitrogens with one attached hydrogen (secondary N) is 2. The van der Waals surface area contributed by atoms with E-state index in [1.807, 2.05) is 0 Å². The van der Waals surface area contributed by atoms with Gasteiger partial charge in [-0.15, -0.1) is 0 Å². The summed E-state index contributed by atoms with van der Waals surface area (Å²) in [4.78, 5) is 36.8. The lowest BCUT2D eigenvalue weighted by molar-refractivity contribution is -0.167. The Labute approximate surface area is 211 Å². The average Bonchev–Trinajstić information content (AvgIpc) is 3.31. The first-order chi connectivity index (χ1) is 17.0. The molecule has 1 aliphatic rings. The molecule has 1 aliphatic heterocycles. The molecule has 37 heavy (non-hydrogen) atoms. The summed E-state index contributed by atoms with van der Waals surface area (Å²) in [5, 5.41) is 2.80.